The van der Waals surface area contributed by atoms with E-state index in [0.717, 1.165) is 0 Å². The van der Waals surface area contributed by atoms with Gasteiger partial charge in [-0.05, 0) is 0 Å². The molecule has 0 heterocycles. The minimum atomic E-state index is 0. The van der Waals surface area contributed by atoms with Gasteiger partial charge in [-0.3, -0.25) is 0 Å². The van der Waals surface area contributed by atoms with Gasteiger partial charge in [-0.15, -0.1) is 0 Å². The molecule has 0 rings (SSSR count). The van der Waals surface area contributed by atoms with Crippen LogP contribution in [0.4, 0.5) is 0 Å². The van der Waals surface area contributed by atoms with Gasteiger partial charge in [0.15, 0.2) is 17.4 Å². The third kappa shape index (κ3) is 27.2. The Morgan fingerprint density at radius 1 is 1.17 bits per heavy atom. The Balaban J connectivity index is 0. The molecule has 0 atom stereocenters. The fourth-order valence-corrected chi connectivity index (χ4v) is 0. The summed E-state index contributed by atoms with van der Waals surface area (Å²) in [6.45, 7) is 0. The van der Waals surface area contributed by atoms with Crippen LogP contribution < -0.4 is 18.9 Å². The largest absolute Gasteiger partial charge is 1.00 e. The molecule has 2 radical (unpaired) electrons. The maximum Gasteiger partial charge on any atom is 1.00 e. The monoisotopic (exact) mass is 266 g/mol. The number of hydrogen-bond acceptors (Lipinski definition) is 0. The maximum atomic E-state index is 0. The van der Waals surface area contributed by atoms with Gasteiger partial charge in [-0.25, -0.2) is 0 Å². The second kappa shape index (κ2) is 41.8. The van der Waals surface area contributed by atoms with E-state index < -0.39 is 0 Å². The Morgan fingerprint density at radius 3 is 1.17 bits per heavy atom. The van der Waals surface area contributed by atoms with Crippen LogP contribution in [0.1, 0.15) is 1.43 Å². The van der Waals surface area contributed by atoms with Gasteiger partial charge in [-0.2, -0.15) is 0 Å². The normalized spacial score (nSPS) is 0. The van der Waals surface area contributed by atoms with Crippen molar-refractivity contribution in [2.24, 2.45) is 0 Å². The van der Waals surface area contributed by atoms with Gasteiger partial charge >= 0.3 is 18.9 Å². The molecule has 0 saturated heterocycles. The van der Waals surface area contributed by atoms with Crippen molar-refractivity contribution in [3.63, 3.8) is 0 Å². The average Bonchev–Trinajstić information content (AvgIpc) is 0. The van der Waals surface area contributed by atoms with Gasteiger partial charge in [0.05, 0.1) is 0 Å². The zero-order valence-corrected chi connectivity index (χ0v) is 6.69. The van der Waals surface area contributed by atoms with Crippen molar-refractivity contribution >= 4 is 17.4 Å². The third-order valence-electron chi connectivity index (χ3n) is 0. The Labute approximate surface area is 104 Å². The quantitative estimate of drug-likeness (QED) is 0.391. The Morgan fingerprint density at radius 2 is 1.17 bits per heavy atom. The molecule has 42 valence electrons. The first-order valence-electron chi connectivity index (χ1n) is 0. The maximum absolute atomic E-state index is 0. The van der Waals surface area contributed by atoms with E-state index in [4.69, 9.17) is 0 Å². The molecule has 0 unspecified atom stereocenters. The van der Waals surface area contributed by atoms with Gasteiger partial charge in [0.25, 0.3) is 0 Å². The molecule has 6 heteroatoms. The van der Waals surface area contributed by atoms with Crippen LogP contribution in [0.15, 0.2) is 0 Å². The van der Waals surface area contributed by atoms with Gasteiger partial charge < -0.3 is 1.43 Å². The van der Waals surface area contributed by atoms with Crippen molar-refractivity contribution in [3.05, 3.63) is 0 Å². The van der Waals surface area contributed by atoms with E-state index in [-0.39, 0.29) is 105 Å². The van der Waals surface area contributed by atoms with Crippen LogP contribution >= 0.6 is 0 Å². The van der Waals surface area contributed by atoms with Crippen molar-refractivity contribution < 1.29 is 87.7 Å². The minimum Gasteiger partial charge on any atom is -1.00 e. The van der Waals surface area contributed by atoms with Crippen LogP contribution in [0.2, 0.25) is 0 Å². The fourth-order valence-electron chi connectivity index (χ4n) is 0. The molecule has 0 fully saturated rings. The Kier molecular flexibility index (Phi) is 425. The summed E-state index contributed by atoms with van der Waals surface area (Å²) in [7, 11) is 0. The second-order valence-corrected chi connectivity index (χ2v) is 0. The molecule has 0 aliphatic heterocycles. The van der Waals surface area contributed by atoms with Gasteiger partial charge in [0.1, 0.15) is 0 Å². The van der Waals surface area contributed by atoms with Crippen molar-refractivity contribution in [1.29, 1.82) is 0 Å². The van der Waals surface area contributed by atoms with Crippen molar-refractivity contribution in [1.82, 2.24) is 0 Å². The molecule has 0 aliphatic rings. The van der Waals surface area contributed by atoms with E-state index in [1.54, 1.807) is 0 Å². The van der Waals surface area contributed by atoms with Crippen LogP contribution in [-0.4, -0.2) is 17.4 Å². The Hall–Kier alpha value is 3.17. The minimum absolute atomic E-state index is 0. The standard InChI is InChI=1S/Al.Co.Fe.Li.Mn.Ni.4H/q;;;+1;;;;;;-1. The van der Waals surface area contributed by atoms with E-state index in [1.807, 2.05) is 0 Å². The number of hydrogen-bond donors (Lipinski definition) is 0. The van der Waals surface area contributed by atoms with Gasteiger partial charge in [0, 0.05) is 67.4 Å². The molecule has 6 heavy (non-hydrogen) atoms. The van der Waals surface area contributed by atoms with E-state index >= 15 is 0 Å². The molecule has 0 N–H and O–H groups in total. The number of rotatable bonds is 0. The van der Waals surface area contributed by atoms with Crippen LogP contribution in [0.25, 0.3) is 0 Å². The van der Waals surface area contributed by atoms with Gasteiger partial charge in [0.2, 0.25) is 0 Å². The molecule has 0 aromatic carbocycles. The summed E-state index contributed by atoms with van der Waals surface area (Å²) in [5.41, 5.74) is 0. The molecule has 0 nitrogen and oxygen atoms in total. The first-order valence-corrected chi connectivity index (χ1v) is 0. The van der Waals surface area contributed by atoms with Crippen molar-refractivity contribution in [2.75, 3.05) is 0 Å². The summed E-state index contributed by atoms with van der Waals surface area (Å²) in [5.74, 6) is 0. The zero-order valence-electron chi connectivity index (χ0n) is 3.38. The topological polar surface area (TPSA) is 0 Å². The first-order chi connectivity index (χ1) is 0. The van der Waals surface area contributed by atoms with E-state index in [9.17, 15) is 0 Å². The van der Waals surface area contributed by atoms with Gasteiger partial charge in [-0.1, -0.05) is 0 Å². The van der Waals surface area contributed by atoms with E-state index in [2.05, 4.69) is 0 Å². The SMILES string of the molecule is [AlH3].[Co].[Fe].[H-].[Li+].[Mn].[Ni]. The van der Waals surface area contributed by atoms with Crippen molar-refractivity contribution in [3.8, 4) is 0 Å². The van der Waals surface area contributed by atoms with E-state index in [0.29, 0.717) is 0 Å². The average molecular weight is 266 g/mol. The molecule has 0 saturated carbocycles. The zero-order chi connectivity index (χ0) is 0. The predicted molar refractivity (Wildman–Crippen MR) is 11.1 cm³/mol. The van der Waals surface area contributed by atoms with Crippen LogP contribution in [0, 0.1) is 0 Å². The molecule has 0 amide bonds. The molecule has 0 aliphatic carbocycles. The van der Waals surface area contributed by atoms with Crippen LogP contribution in [0.5, 0.6) is 0 Å². The Bertz CT molecular complexity index is 19.7. The molecular formula is H4AlCoFeLiMnNi. The smallest absolute Gasteiger partial charge is 1.00 e. The first kappa shape index (κ1) is 60.9. The summed E-state index contributed by atoms with van der Waals surface area (Å²) in [5, 5.41) is 0. The summed E-state index contributed by atoms with van der Waals surface area (Å²) >= 11 is 0. The second-order valence-electron chi connectivity index (χ2n) is 0. The molecule has 0 aromatic rings. The van der Waals surface area contributed by atoms with Crippen molar-refractivity contribution in [2.45, 2.75) is 0 Å². The summed E-state index contributed by atoms with van der Waals surface area (Å²) < 4.78 is 0. The molecular weight excluding hydrogens is 262 g/mol. The molecule has 0 aromatic heterocycles. The summed E-state index contributed by atoms with van der Waals surface area (Å²) in [4.78, 5) is 0. The predicted octanol–water partition coefficient (Wildman–Crippen LogP) is -4.08. The molecule has 0 bridgehead atoms. The van der Waals surface area contributed by atoms with E-state index in [1.165, 1.54) is 0 Å². The van der Waals surface area contributed by atoms with Crippen LogP contribution in [0.3, 0.4) is 0 Å². The third-order valence-corrected chi connectivity index (χ3v) is 0. The fraction of sp³-hybridized carbons (Fsp3) is 0. The molecule has 0 spiro atoms. The summed E-state index contributed by atoms with van der Waals surface area (Å²) in [6, 6.07) is 0. The van der Waals surface area contributed by atoms with Crippen LogP contribution in [-0.2, 0) is 67.4 Å². The summed E-state index contributed by atoms with van der Waals surface area (Å²) in [6.07, 6.45) is 0.